The van der Waals surface area contributed by atoms with E-state index in [9.17, 15) is 4.79 Å². The first-order chi connectivity index (χ1) is 9.33. The Morgan fingerprint density at radius 1 is 1.05 bits per heavy atom. The number of pyridine rings is 1. The lowest BCUT2D eigenvalue weighted by Crippen LogP contribution is -2.04. The monoisotopic (exact) mass is 252 g/mol. The molecular formula is C15H12N2O2. The topological polar surface area (TPSA) is 43.6 Å². The van der Waals surface area contributed by atoms with Crippen molar-refractivity contribution < 1.29 is 4.74 Å². The largest absolute Gasteiger partial charge is 0.483 e. The van der Waals surface area contributed by atoms with Gasteiger partial charge in [0.2, 0.25) is 5.43 Å². The molecule has 0 fully saturated rings. The van der Waals surface area contributed by atoms with Crippen molar-refractivity contribution in [2.75, 3.05) is 0 Å². The highest BCUT2D eigenvalue weighted by atomic mass is 16.5. The van der Waals surface area contributed by atoms with E-state index in [1.165, 1.54) is 6.07 Å². The third-order valence-electron chi connectivity index (χ3n) is 2.75. The van der Waals surface area contributed by atoms with Gasteiger partial charge < -0.3 is 9.14 Å². The van der Waals surface area contributed by atoms with Gasteiger partial charge in [-0.1, -0.05) is 24.3 Å². The van der Waals surface area contributed by atoms with Gasteiger partial charge in [0, 0.05) is 12.4 Å². The molecule has 0 amide bonds. The number of fused-ring (bicyclic) bond motifs is 1. The van der Waals surface area contributed by atoms with Crippen molar-refractivity contribution in [3.8, 4) is 5.75 Å². The Morgan fingerprint density at radius 2 is 1.89 bits per heavy atom. The minimum absolute atomic E-state index is 0.131. The first kappa shape index (κ1) is 11.5. The smallest absolute Gasteiger partial charge is 0.220 e. The van der Waals surface area contributed by atoms with E-state index in [2.05, 4.69) is 4.98 Å². The Balaban J connectivity index is 1.83. The quantitative estimate of drug-likeness (QED) is 0.718. The van der Waals surface area contributed by atoms with Gasteiger partial charge in [-0.25, -0.2) is 4.98 Å². The van der Waals surface area contributed by atoms with E-state index in [0.717, 1.165) is 11.3 Å². The molecule has 19 heavy (non-hydrogen) atoms. The molecular weight excluding hydrogens is 240 g/mol. The highest BCUT2D eigenvalue weighted by Crippen LogP contribution is 2.08. The Kier molecular flexibility index (Phi) is 2.98. The van der Waals surface area contributed by atoms with E-state index >= 15 is 0 Å². The van der Waals surface area contributed by atoms with Gasteiger partial charge in [0.15, 0.2) is 5.75 Å². The Morgan fingerprint density at radius 3 is 2.79 bits per heavy atom. The number of aromatic nitrogens is 2. The molecule has 0 saturated carbocycles. The van der Waals surface area contributed by atoms with E-state index in [-0.39, 0.29) is 12.0 Å². The van der Waals surface area contributed by atoms with Gasteiger partial charge in [0.25, 0.3) is 0 Å². The Labute approximate surface area is 109 Å². The zero-order valence-corrected chi connectivity index (χ0v) is 10.2. The third kappa shape index (κ3) is 2.47. The van der Waals surface area contributed by atoms with Gasteiger partial charge in [-0.3, -0.25) is 4.79 Å². The average molecular weight is 252 g/mol. The maximum atomic E-state index is 11.7. The molecule has 0 aliphatic carbocycles. The lowest BCUT2D eigenvalue weighted by atomic mass is 10.4. The number of ether oxygens (including phenoxy) is 1. The van der Waals surface area contributed by atoms with Gasteiger partial charge in [-0.05, 0) is 24.3 Å². The molecule has 0 radical (unpaired) electrons. The van der Waals surface area contributed by atoms with E-state index in [0.29, 0.717) is 5.75 Å². The van der Waals surface area contributed by atoms with Crippen LogP contribution in [0.25, 0.3) is 5.65 Å². The third-order valence-corrected chi connectivity index (χ3v) is 2.75. The fourth-order valence-corrected chi connectivity index (χ4v) is 1.84. The Hall–Kier alpha value is -2.62. The first-order valence-electron chi connectivity index (χ1n) is 5.98. The van der Waals surface area contributed by atoms with Crippen molar-refractivity contribution >= 4 is 5.65 Å². The number of imidazole rings is 1. The van der Waals surface area contributed by atoms with E-state index in [4.69, 9.17) is 4.74 Å². The van der Waals surface area contributed by atoms with Crippen LogP contribution < -0.4 is 10.2 Å². The van der Waals surface area contributed by atoms with Crippen molar-refractivity contribution in [3.63, 3.8) is 0 Å². The lowest BCUT2D eigenvalue weighted by molar-refractivity contribution is 0.299. The van der Waals surface area contributed by atoms with Gasteiger partial charge in [-0.2, -0.15) is 0 Å². The molecule has 1 aromatic carbocycles. The van der Waals surface area contributed by atoms with Crippen molar-refractivity contribution in [2.45, 2.75) is 6.61 Å². The van der Waals surface area contributed by atoms with Crippen LogP contribution in [0.15, 0.2) is 65.7 Å². The Bertz CT molecular complexity index is 732. The second kappa shape index (κ2) is 4.94. The van der Waals surface area contributed by atoms with Crippen molar-refractivity contribution in [3.05, 3.63) is 76.8 Å². The fraction of sp³-hybridized carbons (Fsp3) is 0.0667. The van der Waals surface area contributed by atoms with Crippen LogP contribution in [0, 0.1) is 0 Å². The normalized spacial score (nSPS) is 10.5. The molecule has 0 N–H and O–H groups in total. The molecule has 0 spiro atoms. The van der Waals surface area contributed by atoms with Crippen molar-refractivity contribution in [1.82, 2.24) is 9.38 Å². The maximum absolute atomic E-state index is 11.7. The van der Waals surface area contributed by atoms with Crippen LogP contribution in [-0.2, 0) is 6.61 Å². The highest BCUT2D eigenvalue weighted by molar-refractivity contribution is 5.39. The van der Waals surface area contributed by atoms with Crippen LogP contribution in [0.3, 0.4) is 0 Å². The van der Waals surface area contributed by atoms with Gasteiger partial charge in [-0.15, -0.1) is 0 Å². The van der Waals surface area contributed by atoms with Gasteiger partial charge >= 0.3 is 0 Å². The van der Waals surface area contributed by atoms with Crippen LogP contribution in [0.2, 0.25) is 0 Å². The van der Waals surface area contributed by atoms with Crippen LogP contribution >= 0.6 is 0 Å². The average Bonchev–Trinajstić information content (AvgIpc) is 2.73. The van der Waals surface area contributed by atoms with Gasteiger partial charge in [0.05, 0.1) is 5.69 Å². The van der Waals surface area contributed by atoms with Crippen LogP contribution in [-0.4, -0.2) is 9.38 Å². The summed E-state index contributed by atoms with van der Waals surface area (Å²) in [6, 6.07) is 14.2. The zero-order valence-electron chi connectivity index (χ0n) is 10.2. The number of hydrogen-bond donors (Lipinski definition) is 0. The van der Waals surface area contributed by atoms with E-state index in [1.807, 2.05) is 35.0 Å². The lowest BCUT2D eigenvalue weighted by Gasteiger charge is -1.99. The summed E-state index contributed by atoms with van der Waals surface area (Å²) in [6.07, 6.45) is 3.82. The summed E-state index contributed by atoms with van der Waals surface area (Å²) in [5, 5.41) is 0. The molecule has 2 heterocycles. The SMILES string of the molecule is O=c1cccccc1OCc1cn2ccccc2n1. The molecule has 94 valence electrons. The summed E-state index contributed by atoms with van der Waals surface area (Å²) < 4.78 is 7.44. The standard InChI is InChI=1S/C15H12N2O2/c18-13-6-2-1-3-7-14(13)19-11-12-10-17-9-5-4-8-15(17)16-12/h1-10H,11H2. The molecule has 4 heteroatoms. The molecule has 0 unspecified atom stereocenters. The summed E-state index contributed by atoms with van der Waals surface area (Å²) in [5.41, 5.74) is 1.52. The van der Waals surface area contributed by atoms with Crippen LogP contribution in [0.4, 0.5) is 0 Å². The molecule has 0 saturated heterocycles. The van der Waals surface area contributed by atoms with Crippen molar-refractivity contribution in [2.24, 2.45) is 0 Å². The first-order valence-corrected chi connectivity index (χ1v) is 5.98. The van der Waals surface area contributed by atoms with E-state index in [1.54, 1.807) is 24.3 Å². The molecule has 4 nitrogen and oxygen atoms in total. The summed E-state index contributed by atoms with van der Waals surface area (Å²) in [5.74, 6) is 0.335. The number of rotatable bonds is 3. The molecule has 3 rings (SSSR count). The minimum atomic E-state index is -0.131. The molecule has 0 atom stereocenters. The summed E-state index contributed by atoms with van der Waals surface area (Å²) >= 11 is 0. The van der Waals surface area contributed by atoms with Crippen LogP contribution in [0.5, 0.6) is 5.75 Å². The predicted octanol–water partition coefficient (Wildman–Crippen LogP) is 2.27. The molecule has 0 aliphatic rings. The second-order valence-corrected chi connectivity index (χ2v) is 4.13. The van der Waals surface area contributed by atoms with Crippen molar-refractivity contribution in [1.29, 1.82) is 0 Å². The van der Waals surface area contributed by atoms with Crippen LogP contribution in [0.1, 0.15) is 5.69 Å². The summed E-state index contributed by atoms with van der Waals surface area (Å²) in [7, 11) is 0. The summed E-state index contributed by atoms with van der Waals surface area (Å²) in [4.78, 5) is 16.1. The second-order valence-electron chi connectivity index (χ2n) is 4.13. The molecule has 3 aromatic rings. The molecule has 2 aromatic heterocycles. The predicted molar refractivity (Wildman–Crippen MR) is 72.2 cm³/mol. The highest BCUT2D eigenvalue weighted by Gasteiger charge is 2.03. The number of nitrogens with zero attached hydrogens (tertiary/aromatic N) is 2. The van der Waals surface area contributed by atoms with E-state index < -0.39 is 0 Å². The minimum Gasteiger partial charge on any atom is -0.483 e. The number of hydrogen-bond acceptors (Lipinski definition) is 3. The fourth-order valence-electron chi connectivity index (χ4n) is 1.84. The maximum Gasteiger partial charge on any atom is 0.220 e. The molecule has 0 bridgehead atoms. The zero-order chi connectivity index (χ0) is 13.1. The molecule has 0 aliphatic heterocycles. The summed E-state index contributed by atoms with van der Waals surface area (Å²) in [6.45, 7) is 0.279. The van der Waals surface area contributed by atoms with Gasteiger partial charge in [0.1, 0.15) is 12.3 Å².